The lowest BCUT2D eigenvalue weighted by molar-refractivity contribution is 0.383. The van der Waals surface area contributed by atoms with Crippen LogP contribution in [-0.2, 0) is 14.8 Å². The van der Waals surface area contributed by atoms with Gasteiger partial charge in [-0.05, 0) is 25.0 Å². The third-order valence-corrected chi connectivity index (χ3v) is 8.02. The summed E-state index contributed by atoms with van der Waals surface area (Å²) in [6, 6.07) is 2.67. The number of nitrogens with one attached hydrogen (secondary N) is 1. The summed E-state index contributed by atoms with van der Waals surface area (Å²) in [5, 5.41) is 2.47. The van der Waals surface area contributed by atoms with Crippen LogP contribution >= 0.6 is 23.2 Å². The molecule has 0 aliphatic carbocycles. The molecule has 1 aromatic carbocycles. The highest BCUT2D eigenvalue weighted by Gasteiger charge is 2.27. The lowest BCUT2D eigenvalue weighted by Crippen LogP contribution is -2.33. The molecular weight excluding hydrogens is 455 g/mol. The molecule has 1 radical (unpaired) electrons. The zero-order valence-electron chi connectivity index (χ0n) is 18.9. The SMILES string of the molecule is CCCCCCCCN(CCCCCCCC)S(=O)(=O)c1cc(Cl)c(N[C]=O)cc1Cl. The van der Waals surface area contributed by atoms with E-state index in [1.54, 1.807) is 4.31 Å². The fourth-order valence-electron chi connectivity index (χ4n) is 3.51. The first-order valence-corrected chi connectivity index (χ1v) is 13.7. The van der Waals surface area contributed by atoms with E-state index >= 15 is 0 Å². The summed E-state index contributed by atoms with van der Waals surface area (Å²) in [7, 11) is -3.79. The van der Waals surface area contributed by atoms with E-state index < -0.39 is 10.0 Å². The smallest absolute Gasteiger partial charge is 0.314 e. The predicted octanol–water partition coefficient (Wildman–Crippen LogP) is 7.18. The van der Waals surface area contributed by atoms with Crippen molar-refractivity contribution in [2.24, 2.45) is 0 Å². The van der Waals surface area contributed by atoms with E-state index in [0.717, 1.165) is 38.5 Å². The standard InChI is InChI=1S/C23H37Cl2N2O3S/c1-3-5-7-9-11-13-15-27(16-14-12-10-8-6-4-2)31(29,30)23-18-20(24)22(26-19-28)17-21(23)25/h17-18H,3-16H2,1-2H3,(H,26,28). The molecule has 0 aliphatic heterocycles. The predicted molar refractivity (Wildman–Crippen MR) is 131 cm³/mol. The highest BCUT2D eigenvalue weighted by Crippen LogP contribution is 2.33. The molecule has 177 valence electrons. The van der Waals surface area contributed by atoms with Crippen LogP contribution in [0.25, 0.3) is 0 Å². The maximum absolute atomic E-state index is 13.4. The average Bonchev–Trinajstić information content (AvgIpc) is 2.73. The minimum atomic E-state index is -3.79. The number of rotatable bonds is 18. The van der Waals surface area contributed by atoms with Gasteiger partial charge in [0.15, 0.2) is 0 Å². The Labute approximate surface area is 198 Å². The Balaban J connectivity index is 2.89. The number of hydrogen-bond donors (Lipinski definition) is 1. The van der Waals surface area contributed by atoms with Gasteiger partial charge in [-0.1, -0.05) is 101 Å². The van der Waals surface area contributed by atoms with E-state index in [-0.39, 0.29) is 20.6 Å². The molecule has 0 saturated heterocycles. The second-order valence-electron chi connectivity index (χ2n) is 7.93. The van der Waals surface area contributed by atoms with Gasteiger partial charge in [0.05, 0.1) is 15.7 Å². The van der Waals surface area contributed by atoms with Crippen LogP contribution in [0, 0.1) is 0 Å². The summed E-state index contributed by atoms with van der Waals surface area (Å²) in [4.78, 5) is 10.6. The molecule has 0 atom stereocenters. The molecule has 1 aromatic rings. The van der Waals surface area contributed by atoms with E-state index in [2.05, 4.69) is 19.2 Å². The number of nitrogens with zero attached hydrogens (tertiary/aromatic N) is 1. The Morgan fingerprint density at radius 3 is 1.77 bits per heavy atom. The van der Waals surface area contributed by atoms with Crippen LogP contribution in [0.3, 0.4) is 0 Å². The van der Waals surface area contributed by atoms with Crippen molar-refractivity contribution in [1.82, 2.24) is 4.31 Å². The Morgan fingerprint density at radius 1 is 0.806 bits per heavy atom. The van der Waals surface area contributed by atoms with E-state index in [0.29, 0.717) is 13.1 Å². The maximum Gasteiger partial charge on any atom is 0.314 e. The van der Waals surface area contributed by atoms with E-state index in [1.165, 1.54) is 57.1 Å². The van der Waals surface area contributed by atoms with Crippen molar-refractivity contribution in [3.63, 3.8) is 0 Å². The normalized spacial score (nSPS) is 11.8. The van der Waals surface area contributed by atoms with Gasteiger partial charge in [0, 0.05) is 13.1 Å². The molecule has 0 heterocycles. The zero-order valence-corrected chi connectivity index (χ0v) is 21.2. The van der Waals surface area contributed by atoms with Gasteiger partial charge >= 0.3 is 6.41 Å². The van der Waals surface area contributed by atoms with Gasteiger partial charge in [-0.2, -0.15) is 4.31 Å². The number of unbranched alkanes of at least 4 members (excludes halogenated alkanes) is 10. The van der Waals surface area contributed by atoms with Crippen LogP contribution in [0.15, 0.2) is 17.0 Å². The van der Waals surface area contributed by atoms with E-state index in [9.17, 15) is 13.2 Å². The Hall–Kier alpha value is -0.820. The fourth-order valence-corrected chi connectivity index (χ4v) is 5.83. The molecule has 0 spiro atoms. The third-order valence-electron chi connectivity index (χ3n) is 5.35. The molecule has 0 unspecified atom stereocenters. The number of benzene rings is 1. The van der Waals surface area contributed by atoms with Crippen molar-refractivity contribution < 1.29 is 13.2 Å². The molecule has 1 rings (SSSR count). The van der Waals surface area contributed by atoms with E-state index in [1.807, 2.05) is 0 Å². The Kier molecular flexibility index (Phi) is 14.5. The van der Waals surface area contributed by atoms with Crippen LogP contribution < -0.4 is 5.32 Å². The number of sulfonamides is 1. The highest BCUT2D eigenvalue weighted by atomic mass is 35.5. The van der Waals surface area contributed by atoms with Crippen LogP contribution in [0.1, 0.15) is 90.9 Å². The summed E-state index contributed by atoms with van der Waals surface area (Å²) < 4.78 is 28.3. The van der Waals surface area contributed by atoms with E-state index in [4.69, 9.17) is 23.2 Å². The molecular formula is C23H37Cl2N2O3S. The highest BCUT2D eigenvalue weighted by molar-refractivity contribution is 7.89. The monoisotopic (exact) mass is 491 g/mol. The van der Waals surface area contributed by atoms with Crippen molar-refractivity contribution in [1.29, 1.82) is 0 Å². The summed E-state index contributed by atoms with van der Waals surface area (Å²) in [5.74, 6) is 0. The Bertz CT molecular complexity index is 741. The van der Waals surface area contributed by atoms with Crippen LogP contribution in [-0.4, -0.2) is 32.2 Å². The van der Waals surface area contributed by atoms with Crippen LogP contribution in [0.5, 0.6) is 0 Å². The lowest BCUT2D eigenvalue weighted by atomic mass is 10.1. The first kappa shape index (κ1) is 28.2. The molecule has 0 aromatic heterocycles. The Morgan fingerprint density at radius 2 is 1.29 bits per heavy atom. The van der Waals surface area contributed by atoms with Crippen molar-refractivity contribution in [3.05, 3.63) is 22.2 Å². The fraction of sp³-hybridized carbons (Fsp3) is 0.696. The summed E-state index contributed by atoms with van der Waals surface area (Å²) in [6.45, 7) is 5.30. The number of halogens is 2. The molecule has 8 heteroatoms. The van der Waals surface area contributed by atoms with Crippen molar-refractivity contribution in [2.45, 2.75) is 95.8 Å². The number of hydrogen-bond acceptors (Lipinski definition) is 3. The second kappa shape index (κ2) is 15.9. The second-order valence-corrected chi connectivity index (χ2v) is 10.6. The summed E-state index contributed by atoms with van der Waals surface area (Å²) in [6.07, 6.45) is 14.6. The van der Waals surface area contributed by atoms with Gasteiger partial charge in [-0.3, -0.25) is 4.79 Å². The van der Waals surface area contributed by atoms with Gasteiger partial charge in [-0.15, -0.1) is 0 Å². The van der Waals surface area contributed by atoms with Gasteiger partial charge in [0.1, 0.15) is 4.90 Å². The molecule has 0 saturated carbocycles. The topological polar surface area (TPSA) is 66.5 Å². The van der Waals surface area contributed by atoms with Crippen LogP contribution in [0.2, 0.25) is 10.0 Å². The first-order valence-electron chi connectivity index (χ1n) is 11.5. The quantitative estimate of drug-likeness (QED) is 0.174. The molecule has 0 bridgehead atoms. The molecule has 5 nitrogen and oxygen atoms in total. The molecule has 0 aliphatic rings. The van der Waals surface area contributed by atoms with Crippen molar-refractivity contribution >= 4 is 45.3 Å². The third kappa shape index (κ3) is 10.1. The number of anilines is 1. The molecule has 1 amide bonds. The molecule has 31 heavy (non-hydrogen) atoms. The van der Waals surface area contributed by atoms with Gasteiger partial charge in [0.25, 0.3) is 0 Å². The first-order chi connectivity index (χ1) is 14.9. The van der Waals surface area contributed by atoms with Gasteiger partial charge in [-0.25, -0.2) is 8.42 Å². The number of carbonyl (C=O) groups excluding carboxylic acids is 1. The van der Waals surface area contributed by atoms with Gasteiger partial charge in [0.2, 0.25) is 10.0 Å². The number of amides is 1. The minimum absolute atomic E-state index is 0.0208. The summed E-state index contributed by atoms with van der Waals surface area (Å²) in [5.41, 5.74) is 0.235. The zero-order chi connectivity index (χ0) is 23.1. The molecule has 1 N–H and O–H groups in total. The lowest BCUT2D eigenvalue weighted by Gasteiger charge is -2.23. The molecule has 0 fully saturated rings. The van der Waals surface area contributed by atoms with Crippen LogP contribution in [0.4, 0.5) is 5.69 Å². The van der Waals surface area contributed by atoms with Gasteiger partial charge < -0.3 is 5.32 Å². The average molecular weight is 493 g/mol. The summed E-state index contributed by atoms with van der Waals surface area (Å²) >= 11 is 12.4. The maximum atomic E-state index is 13.4. The minimum Gasteiger partial charge on any atom is -0.316 e. The van der Waals surface area contributed by atoms with Crippen molar-refractivity contribution in [2.75, 3.05) is 18.4 Å². The largest absolute Gasteiger partial charge is 0.316 e. The van der Waals surface area contributed by atoms with Crippen molar-refractivity contribution in [3.8, 4) is 0 Å².